The van der Waals surface area contributed by atoms with E-state index in [0.717, 1.165) is 66.9 Å². The quantitative estimate of drug-likeness (QED) is 0.124. The third-order valence-corrected chi connectivity index (χ3v) is 9.36. The van der Waals surface area contributed by atoms with Crippen LogP contribution in [-0.2, 0) is 0 Å². The molecule has 9 nitrogen and oxygen atoms in total. The number of H-pyrrole nitrogens is 2. The molecule has 4 N–H and O–H groups in total. The lowest BCUT2D eigenvalue weighted by Gasteiger charge is -2.03. The maximum atomic E-state index is 11.4. The molecular formula is C44H28N4O5. The molecule has 0 saturated carbocycles. The second-order valence-corrected chi connectivity index (χ2v) is 12.6. The van der Waals surface area contributed by atoms with Gasteiger partial charge in [-0.25, -0.2) is 19.6 Å². The van der Waals surface area contributed by atoms with Crippen LogP contribution in [0.25, 0.3) is 89.7 Å². The lowest BCUT2D eigenvalue weighted by Crippen LogP contribution is -1.95. The highest BCUT2D eigenvalue weighted by atomic mass is 16.4. The number of aromatic carboxylic acids is 2. The lowest BCUT2D eigenvalue weighted by molar-refractivity contribution is 0.0686. The molecule has 9 aromatic rings. The first-order chi connectivity index (χ1) is 25.9. The van der Waals surface area contributed by atoms with E-state index < -0.39 is 11.9 Å². The number of carboxylic acids is 2. The minimum absolute atomic E-state index is 0.207. The van der Waals surface area contributed by atoms with E-state index in [-0.39, 0.29) is 11.1 Å². The zero-order chi connectivity index (χ0) is 36.1. The second-order valence-electron chi connectivity index (χ2n) is 12.6. The molecule has 0 radical (unpaired) electrons. The van der Waals surface area contributed by atoms with Gasteiger partial charge in [0.15, 0.2) is 0 Å². The summed E-state index contributed by atoms with van der Waals surface area (Å²) in [6, 6.07) is 45.3. The minimum atomic E-state index is -0.983. The van der Waals surface area contributed by atoms with Crippen molar-refractivity contribution in [2.24, 2.45) is 0 Å². The molecule has 0 aliphatic carbocycles. The van der Waals surface area contributed by atoms with Crippen LogP contribution in [0, 0.1) is 0 Å². The number of rotatable bonds is 8. The molecule has 0 fully saturated rings. The normalized spacial score (nSPS) is 11.3. The van der Waals surface area contributed by atoms with Gasteiger partial charge in [-0.1, -0.05) is 97.1 Å². The van der Waals surface area contributed by atoms with Crippen LogP contribution in [0.3, 0.4) is 0 Å². The van der Waals surface area contributed by atoms with Crippen molar-refractivity contribution in [3.05, 3.63) is 157 Å². The van der Waals surface area contributed by atoms with Crippen LogP contribution in [0.2, 0.25) is 0 Å². The number of fused-ring (bicyclic) bond motifs is 3. The van der Waals surface area contributed by atoms with Crippen LogP contribution in [0.15, 0.2) is 150 Å². The summed E-state index contributed by atoms with van der Waals surface area (Å²) in [5.41, 5.74) is 10.1. The highest BCUT2D eigenvalue weighted by molar-refractivity contribution is 6.07. The largest absolute Gasteiger partial charge is 0.478 e. The van der Waals surface area contributed by atoms with Gasteiger partial charge in [-0.2, -0.15) is 0 Å². The standard InChI is InChI=1S/C44H28N4O5/c49-43(50)29-15-11-27(12-16-29)41-45-37(25-7-3-1-4-8-25)39(47-41)31-19-21-33-34-22-20-32(24-36(34)53-35(33)23-31)40-38(26-9-5-2-6-10-26)46-42(48-40)28-13-17-30(18-14-28)44(51)52/h1-24H,(H,45,47)(H,46,48)(H,49,50)(H,51,52). The van der Waals surface area contributed by atoms with Crippen LogP contribution < -0.4 is 0 Å². The maximum Gasteiger partial charge on any atom is 0.335 e. The van der Waals surface area contributed by atoms with E-state index in [4.69, 9.17) is 14.4 Å². The number of benzene rings is 6. The predicted octanol–water partition coefficient (Wildman–Crippen LogP) is 10.4. The van der Waals surface area contributed by atoms with Crippen molar-refractivity contribution < 1.29 is 24.2 Å². The van der Waals surface area contributed by atoms with Crippen LogP contribution in [0.4, 0.5) is 0 Å². The van der Waals surface area contributed by atoms with Gasteiger partial charge < -0.3 is 24.6 Å². The van der Waals surface area contributed by atoms with Crippen molar-refractivity contribution >= 4 is 33.9 Å². The predicted molar refractivity (Wildman–Crippen MR) is 205 cm³/mol. The third kappa shape index (κ3) is 5.72. The number of nitrogens with one attached hydrogen (secondary N) is 2. The summed E-state index contributed by atoms with van der Waals surface area (Å²) in [6.45, 7) is 0. The molecule has 3 aromatic heterocycles. The van der Waals surface area contributed by atoms with Crippen molar-refractivity contribution in [1.29, 1.82) is 0 Å². The summed E-state index contributed by atoms with van der Waals surface area (Å²) >= 11 is 0. The van der Waals surface area contributed by atoms with Crippen molar-refractivity contribution in [3.63, 3.8) is 0 Å². The average molecular weight is 693 g/mol. The SMILES string of the molecule is O=C(O)c1ccc(-c2nc(-c3ccc4c(c3)oc3cc(-c5nc(-c6ccc(C(=O)O)cc6)[nH]c5-c5ccccc5)ccc34)c(-c3ccccc3)[nH]2)cc1. The fourth-order valence-corrected chi connectivity index (χ4v) is 6.68. The molecule has 0 unspecified atom stereocenters. The van der Waals surface area contributed by atoms with Crippen LogP contribution in [-0.4, -0.2) is 42.1 Å². The molecule has 9 heteroatoms. The number of hydrogen-bond acceptors (Lipinski definition) is 5. The molecule has 53 heavy (non-hydrogen) atoms. The fourth-order valence-electron chi connectivity index (χ4n) is 6.68. The molecule has 3 heterocycles. The van der Waals surface area contributed by atoms with E-state index in [1.165, 1.54) is 0 Å². The molecule has 0 saturated heterocycles. The summed E-state index contributed by atoms with van der Waals surface area (Å²) < 4.78 is 6.53. The van der Waals surface area contributed by atoms with Crippen LogP contribution >= 0.6 is 0 Å². The van der Waals surface area contributed by atoms with E-state index in [9.17, 15) is 19.8 Å². The number of aromatic amines is 2. The minimum Gasteiger partial charge on any atom is -0.478 e. The molecule has 254 valence electrons. The Bertz CT molecular complexity index is 2620. The first kappa shape index (κ1) is 31.5. The summed E-state index contributed by atoms with van der Waals surface area (Å²) in [7, 11) is 0. The van der Waals surface area contributed by atoms with Crippen LogP contribution in [0.5, 0.6) is 0 Å². The Hall–Kier alpha value is -7.52. The summed E-state index contributed by atoms with van der Waals surface area (Å²) in [4.78, 5) is 39.9. The molecule has 6 aromatic carbocycles. The van der Waals surface area contributed by atoms with Crippen molar-refractivity contribution in [2.45, 2.75) is 0 Å². The van der Waals surface area contributed by atoms with E-state index in [1.807, 2.05) is 97.1 Å². The fraction of sp³-hybridized carbons (Fsp3) is 0. The van der Waals surface area contributed by atoms with Gasteiger partial charge >= 0.3 is 11.9 Å². The van der Waals surface area contributed by atoms with E-state index in [2.05, 4.69) is 9.97 Å². The van der Waals surface area contributed by atoms with Gasteiger partial charge in [0.25, 0.3) is 0 Å². The highest BCUT2D eigenvalue weighted by Crippen LogP contribution is 2.39. The average Bonchev–Trinajstić information content (AvgIpc) is 3.94. The molecule has 0 aliphatic heterocycles. The van der Waals surface area contributed by atoms with Crippen molar-refractivity contribution in [1.82, 2.24) is 19.9 Å². The number of carboxylic acid groups (broad SMARTS) is 2. The molecule has 0 spiro atoms. The third-order valence-electron chi connectivity index (χ3n) is 9.36. The lowest BCUT2D eigenvalue weighted by atomic mass is 10.0. The molecular weight excluding hydrogens is 665 g/mol. The first-order valence-corrected chi connectivity index (χ1v) is 16.8. The number of nitrogens with zero attached hydrogens (tertiary/aromatic N) is 2. The first-order valence-electron chi connectivity index (χ1n) is 16.8. The zero-order valence-electron chi connectivity index (χ0n) is 27.9. The van der Waals surface area contributed by atoms with Crippen LogP contribution in [0.1, 0.15) is 20.7 Å². The second kappa shape index (κ2) is 12.7. The number of aromatic nitrogens is 4. The van der Waals surface area contributed by atoms with Gasteiger partial charge in [0.1, 0.15) is 22.8 Å². The summed E-state index contributed by atoms with van der Waals surface area (Å²) in [5, 5.41) is 20.7. The molecule has 0 atom stereocenters. The van der Waals surface area contributed by atoms with Gasteiger partial charge in [-0.15, -0.1) is 0 Å². The zero-order valence-corrected chi connectivity index (χ0v) is 27.9. The van der Waals surface area contributed by atoms with Gasteiger partial charge in [0, 0.05) is 44.2 Å². The van der Waals surface area contributed by atoms with E-state index in [1.54, 1.807) is 48.5 Å². The Balaban J connectivity index is 1.13. The molecule has 9 rings (SSSR count). The summed E-state index contributed by atoms with van der Waals surface area (Å²) in [5.74, 6) is -0.724. The van der Waals surface area contributed by atoms with Gasteiger partial charge in [-0.3, -0.25) is 0 Å². The Kier molecular flexibility index (Phi) is 7.52. The van der Waals surface area contributed by atoms with Crippen molar-refractivity contribution in [2.75, 3.05) is 0 Å². The van der Waals surface area contributed by atoms with Gasteiger partial charge in [0.05, 0.1) is 33.9 Å². The molecule has 0 aliphatic rings. The molecule has 0 amide bonds. The van der Waals surface area contributed by atoms with Crippen molar-refractivity contribution in [3.8, 4) is 67.8 Å². The monoisotopic (exact) mass is 692 g/mol. The Morgan fingerprint density at radius 1 is 0.453 bits per heavy atom. The smallest absolute Gasteiger partial charge is 0.335 e. The number of carbonyl (C=O) groups is 2. The number of imidazole rings is 2. The maximum absolute atomic E-state index is 11.4. The van der Waals surface area contributed by atoms with Gasteiger partial charge in [-0.05, 0) is 48.5 Å². The highest BCUT2D eigenvalue weighted by Gasteiger charge is 2.20. The van der Waals surface area contributed by atoms with E-state index >= 15 is 0 Å². The van der Waals surface area contributed by atoms with E-state index in [0.29, 0.717) is 22.8 Å². The number of hydrogen-bond donors (Lipinski definition) is 4. The molecule has 0 bridgehead atoms. The Morgan fingerprint density at radius 2 is 0.830 bits per heavy atom. The Morgan fingerprint density at radius 3 is 1.21 bits per heavy atom. The Labute approximate surface area is 301 Å². The number of furan rings is 1. The topological polar surface area (TPSA) is 145 Å². The summed E-state index contributed by atoms with van der Waals surface area (Å²) in [6.07, 6.45) is 0. The van der Waals surface area contributed by atoms with Gasteiger partial charge in [0.2, 0.25) is 0 Å².